The lowest BCUT2D eigenvalue weighted by atomic mass is 9.97. The highest BCUT2D eigenvalue weighted by Gasteiger charge is 2.43. The highest BCUT2D eigenvalue weighted by Crippen LogP contribution is 2.33. The summed E-state index contributed by atoms with van der Waals surface area (Å²) in [5.74, 6) is 0.134. The number of likely N-dealkylation sites (tertiary alicyclic amines) is 1. The monoisotopic (exact) mass is 321 g/mol. The van der Waals surface area contributed by atoms with Crippen LogP contribution in [0.15, 0.2) is 0 Å². The van der Waals surface area contributed by atoms with E-state index in [9.17, 15) is 4.79 Å². The molecule has 1 saturated heterocycles. The van der Waals surface area contributed by atoms with Gasteiger partial charge in [-0.05, 0) is 31.6 Å². The Balaban J connectivity index is 1.95. The van der Waals surface area contributed by atoms with E-state index in [4.69, 9.17) is 30.5 Å². The second-order valence-corrected chi connectivity index (χ2v) is 5.97. The molecule has 0 unspecified atom stereocenters. The molecule has 0 radical (unpaired) electrons. The second-order valence-electron chi connectivity index (χ2n) is 5.97. The molecule has 0 spiro atoms. The third kappa shape index (κ3) is 4.57. The SMILES string of the molecule is CC1CCN(C(=O)[C@H]2C[C@H](ON(O)O)[C@H](ON(O)O)C2)CC1. The largest absolute Gasteiger partial charge is 0.342 e. The van der Waals surface area contributed by atoms with Crippen molar-refractivity contribution in [3.63, 3.8) is 0 Å². The van der Waals surface area contributed by atoms with Crippen molar-refractivity contribution < 1.29 is 35.3 Å². The van der Waals surface area contributed by atoms with E-state index in [0.29, 0.717) is 19.0 Å². The number of hydrogen-bond donors (Lipinski definition) is 4. The standard InChI is InChI=1S/C12H23N3O7/c1-8-2-4-13(5-3-8)12(16)9-6-10(21-14(17)18)11(7-9)22-15(19)20/h8-11,17-20H,2-7H2,1H3/t9-,10-,11+. The summed E-state index contributed by atoms with van der Waals surface area (Å²) in [4.78, 5) is 23.7. The molecule has 2 fully saturated rings. The Bertz CT molecular complexity index is 356. The van der Waals surface area contributed by atoms with Crippen molar-refractivity contribution >= 4 is 5.91 Å². The fourth-order valence-corrected chi connectivity index (χ4v) is 3.11. The van der Waals surface area contributed by atoms with E-state index in [0.717, 1.165) is 12.8 Å². The van der Waals surface area contributed by atoms with E-state index in [1.807, 2.05) is 0 Å². The fraction of sp³-hybridized carbons (Fsp3) is 0.917. The second kappa shape index (κ2) is 7.62. The smallest absolute Gasteiger partial charge is 0.225 e. The van der Waals surface area contributed by atoms with Gasteiger partial charge in [-0.1, -0.05) is 6.92 Å². The van der Waals surface area contributed by atoms with Crippen molar-refractivity contribution in [2.24, 2.45) is 11.8 Å². The lowest BCUT2D eigenvalue weighted by Gasteiger charge is -2.32. The molecule has 1 saturated carbocycles. The van der Waals surface area contributed by atoms with Gasteiger partial charge in [0, 0.05) is 19.0 Å². The number of hydrogen-bond acceptors (Lipinski definition) is 9. The lowest BCUT2D eigenvalue weighted by Crippen LogP contribution is -2.41. The Kier molecular flexibility index (Phi) is 6.06. The first-order valence-electron chi connectivity index (χ1n) is 7.35. The molecule has 0 aromatic rings. The maximum Gasteiger partial charge on any atom is 0.225 e. The zero-order valence-corrected chi connectivity index (χ0v) is 12.4. The van der Waals surface area contributed by atoms with Gasteiger partial charge < -0.3 is 4.90 Å². The first-order valence-corrected chi connectivity index (χ1v) is 7.35. The predicted octanol–water partition coefficient (Wildman–Crippen LogP) is 0.416. The number of carbonyl (C=O) groups excluding carboxylic acids is 1. The Labute approximate surface area is 127 Å². The highest BCUT2D eigenvalue weighted by atomic mass is 17.1. The Morgan fingerprint density at radius 1 is 1.00 bits per heavy atom. The first-order chi connectivity index (χ1) is 10.4. The molecular weight excluding hydrogens is 298 g/mol. The van der Waals surface area contributed by atoms with Crippen molar-refractivity contribution in [3.8, 4) is 0 Å². The predicted molar refractivity (Wildman–Crippen MR) is 68.3 cm³/mol. The molecule has 22 heavy (non-hydrogen) atoms. The minimum absolute atomic E-state index is 0.0449. The molecule has 0 bridgehead atoms. The number of rotatable bonds is 5. The third-order valence-electron chi connectivity index (χ3n) is 4.35. The number of amides is 1. The normalized spacial score (nSPS) is 30.5. The van der Waals surface area contributed by atoms with E-state index >= 15 is 0 Å². The zero-order chi connectivity index (χ0) is 16.3. The van der Waals surface area contributed by atoms with Crippen molar-refractivity contribution in [3.05, 3.63) is 0 Å². The molecule has 10 nitrogen and oxygen atoms in total. The van der Waals surface area contributed by atoms with Crippen LogP contribution in [0.4, 0.5) is 0 Å². The molecule has 2 aliphatic rings. The molecule has 1 aliphatic carbocycles. The Morgan fingerprint density at radius 2 is 1.45 bits per heavy atom. The molecule has 4 N–H and O–H groups in total. The topological polar surface area (TPSA) is 126 Å². The number of nitrogens with zero attached hydrogens (tertiary/aromatic N) is 3. The average molecular weight is 321 g/mol. The quantitative estimate of drug-likeness (QED) is 0.533. The summed E-state index contributed by atoms with van der Waals surface area (Å²) in [6.07, 6.45) is 0.548. The highest BCUT2D eigenvalue weighted by molar-refractivity contribution is 5.79. The third-order valence-corrected chi connectivity index (χ3v) is 4.35. The summed E-state index contributed by atoms with van der Waals surface area (Å²) >= 11 is 0. The van der Waals surface area contributed by atoms with E-state index in [-0.39, 0.29) is 18.7 Å². The van der Waals surface area contributed by atoms with Crippen LogP contribution in [0.3, 0.4) is 0 Å². The van der Waals surface area contributed by atoms with Crippen LogP contribution in [-0.2, 0) is 14.5 Å². The first kappa shape index (κ1) is 17.5. The molecule has 10 heteroatoms. The van der Waals surface area contributed by atoms with Crippen LogP contribution in [0.5, 0.6) is 0 Å². The van der Waals surface area contributed by atoms with E-state index < -0.39 is 28.9 Å². The van der Waals surface area contributed by atoms with Crippen LogP contribution in [0.2, 0.25) is 0 Å². The van der Waals surface area contributed by atoms with Crippen LogP contribution >= 0.6 is 0 Å². The van der Waals surface area contributed by atoms with Crippen molar-refractivity contribution in [1.82, 2.24) is 15.7 Å². The Hall–Kier alpha value is -0.850. The lowest BCUT2D eigenvalue weighted by molar-refractivity contribution is -0.535. The number of piperidine rings is 1. The average Bonchev–Trinajstić information content (AvgIpc) is 2.80. The van der Waals surface area contributed by atoms with E-state index in [1.165, 1.54) is 0 Å². The summed E-state index contributed by atoms with van der Waals surface area (Å²) in [6, 6.07) is 0. The van der Waals surface area contributed by atoms with Gasteiger partial charge in [-0.15, -0.1) is 0 Å². The molecule has 0 aromatic heterocycles. The van der Waals surface area contributed by atoms with Gasteiger partial charge in [0.15, 0.2) is 0 Å². The van der Waals surface area contributed by atoms with Gasteiger partial charge in [0.1, 0.15) is 12.2 Å². The summed E-state index contributed by atoms with van der Waals surface area (Å²) in [7, 11) is 0. The molecule has 0 aromatic carbocycles. The minimum Gasteiger partial charge on any atom is -0.342 e. The van der Waals surface area contributed by atoms with Crippen LogP contribution in [0.1, 0.15) is 32.6 Å². The van der Waals surface area contributed by atoms with Gasteiger partial charge >= 0.3 is 0 Å². The summed E-state index contributed by atoms with van der Waals surface area (Å²) < 4.78 is 0. The molecule has 1 aliphatic heterocycles. The van der Waals surface area contributed by atoms with Gasteiger partial charge in [-0.3, -0.25) is 25.6 Å². The molecule has 3 atom stereocenters. The maximum atomic E-state index is 12.5. The van der Waals surface area contributed by atoms with Gasteiger partial charge in [-0.25, -0.2) is 9.68 Å². The Morgan fingerprint density at radius 3 is 1.86 bits per heavy atom. The molecule has 1 heterocycles. The zero-order valence-electron chi connectivity index (χ0n) is 12.4. The molecule has 2 rings (SSSR count). The molecule has 128 valence electrons. The summed E-state index contributed by atoms with van der Waals surface area (Å²) in [5.41, 5.74) is 0. The van der Waals surface area contributed by atoms with Crippen LogP contribution in [0, 0.1) is 11.8 Å². The maximum absolute atomic E-state index is 12.5. The van der Waals surface area contributed by atoms with E-state index in [2.05, 4.69) is 6.92 Å². The van der Waals surface area contributed by atoms with Crippen molar-refractivity contribution in [1.29, 1.82) is 0 Å². The van der Waals surface area contributed by atoms with Gasteiger partial charge in [0.05, 0.1) is 10.8 Å². The summed E-state index contributed by atoms with van der Waals surface area (Å²) in [6.45, 7) is 3.55. The van der Waals surface area contributed by atoms with Crippen molar-refractivity contribution in [2.45, 2.75) is 44.8 Å². The molecular formula is C12H23N3O7. The van der Waals surface area contributed by atoms with Crippen molar-refractivity contribution in [2.75, 3.05) is 13.1 Å². The van der Waals surface area contributed by atoms with Gasteiger partial charge in [-0.2, -0.15) is 0 Å². The fourth-order valence-electron chi connectivity index (χ4n) is 3.11. The van der Waals surface area contributed by atoms with E-state index in [1.54, 1.807) is 4.90 Å². The van der Waals surface area contributed by atoms with Crippen LogP contribution in [-0.4, -0.2) is 67.7 Å². The van der Waals surface area contributed by atoms with Crippen LogP contribution in [0.25, 0.3) is 0 Å². The van der Waals surface area contributed by atoms with Gasteiger partial charge in [0.25, 0.3) is 0 Å². The molecule has 1 amide bonds. The minimum atomic E-state index is -0.880. The van der Waals surface area contributed by atoms with Crippen LogP contribution < -0.4 is 0 Å². The number of carbonyl (C=O) groups is 1. The summed E-state index contributed by atoms with van der Waals surface area (Å²) in [5, 5.41) is 34.1. The van der Waals surface area contributed by atoms with Gasteiger partial charge in [0.2, 0.25) is 5.91 Å².